The van der Waals surface area contributed by atoms with Crippen LogP contribution in [0.15, 0.2) is 24.3 Å². The Morgan fingerprint density at radius 2 is 2.13 bits per heavy atom. The number of benzene rings is 1. The third-order valence-corrected chi connectivity index (χ3v) is 4.29. The number of carbonyl (C=O) groups excluding carboxylic acids is 1. The van der Waals surface area contributed by atoms with Crippen LogP contribution in [0.5, 0.6) is 0 Å². The summed E-state index contributed by atoms with van der Waals surface area (Å²) < 4.78 is 1.91. The summed E-state index contributed by atoms with van der Waals surface area (Å²) in [5.74, 6) is -0.0927. The second-order valence-corrected chi connectivity index (χ2v) is 6.01. The molecule has 0 radical (unpaired) electrons. The highest BCUT2D eigenvalue weighted by Gasteiger charge is 2.25. The van der Waals surface area contributed by atoms with Gasteiger partial charge in [0.05, 0.1) is 17.0 Å². The van der Waals surface area contributed by atoms with Crippen LogP contribution in [0.4, 0.5) is 0 Å². The van der Waals surface area contributed by atoms with Gasteiger partial charge < -0.3 is 16.8 Å². The fourth-order valence-corrected chi connectivity index (χ4v) is 3.00. The highest BCUT2D eigenvalue weighted by molar-refractivity contribution is 5.96. The summed E-state index contributed by atoms with van der Waals surface area (Å²) in [7, 11) is 0. The number of aromatic nitrogens is 2. The molecule has 0 spiro atoms. The monoisotopic (exact) mass is 313 g/mol. The Morgan fingerprint density at radius 1 is 1.39 bits per heavy atom. The Morgan fingerprint density at radius 3 is 2.78 bits per heavy atom. The molecule has 5 N–H and O–H groups in total. The van der Waals surface area contributed by atoms with Gasteiger partial charge in [-0.1, -0.05) is 24.3 Å². The molecule has 6 heteroatoms. The summed E-state index contributed by atoms with van der Waals surface area (Å²) in [5.41, 5.74) is 16.1. The Labute approximate surface area is 135 Å². The summed E-state index contributed by atoms with van der Waals surface area (Å²) in [6, 6.07) is 7.99. The molecule has 2 aromatic rings. The minimum Gasteiger partial charge on any atom is -0.348 e. The van der Waals surface area contributed by atoms with Gasteiger partial charge in [-0.2, -0.15) is 5.10 Å². The highest BCUT2D eigenvalue weighted by atomic mass is 16.1. The highest BCUT2D eigenvalue weighted by Crippen LogP contribution is 2.22. The lowest BCUT2D eigenvalue weighted by molar-refractivity contribution is 0.0949. The maximum Gasteiger partial charge on any atom is 0.255 e. The van der Waals surface area contributed by atoms with Crippen molar-refractivity contribution >= 4 is 5.91 Å². The van der Waals surface area contributed by atoms with Crippen molar-refractivity contribution in [2.45, 2.75) is 45.4 Å². The molecule has 0 aliphatic carbocycles. The van der Waals surface area contributed by atoms with Crippen LogP contribution in [0.3, 0.4) is 0 Å². The van der Waals surface area contributed by atoms with Crippen LogP contribution < -0.4 is 16.8 Å². The molecule has 3 rings (SSSR count). The first-order valence-corrected chi connectivity index (χ1v) is 8.01. The van der Waals surface area contributed by atoms with Crippen molar-refractivity contribution in [1.82, 2.24) is 15.1 Å². The number of carbonyl (C=O) groups is 1. The van der Waals surface area contributed by atoms with Crippen LogP contribution in [0.2, 0.25) is 0 Å². The van der Waals surface area contributed by atoms with Gasteiger partial charge in [0.1, 0.15) is 0 Å². The minimum atomic E-state index is -0.0927. The fraction of sp³-hybridized carbons (Fsp3) is 0.412. The normalized spacial score (nSPS) is 14.6. The molecule has 0 saturated carbocycles. The molecule has 23 heavy (non-hydrogen) atoms. The molecule has 0 bridgehead atoms. The van der Waals surface area contributed by atoms with Crippen LogP contribution in [0.1, 0.15) is 52.3 Å². The van der Waals surface area contributed by atoms with Crippen LogP contribution >= 0.6 is 0 Å². The number of hydrogen-bond acceptors (Lipinski definition) is 4. The quantitative estimate of drug-likeness (QED) is 0.773. The minimum absolute atomic E-state index is 0.0146. The van der Waals surface area contributed by atoms with Gasteiger partial charge >= 0.3 is 0 Å². The van der Waals surface area contributed by atoms with Crippen molar-refractivity contribution in [3.05, 3.63) is 52.3 Å². The summed E-state index contributed by atoms with van der Waals surface area (Å²) in [4.78, 5) is 12.6. The Kier molecular flexibility index (Phi) is 4.45. The summed E-state index contributed by atoms with van der Waals surface area (Å²) in [5, 5.41) is 7.41. The molecule has 122 valence electrons. The molecule has 1 aliphatic rings. The molecule has 0 fully saturated rings. The first-order chi connectivity index (χ1) is 11.1. The van der Waals surface area contributed by atoms with E-state index in [4.69, 9.17) is 11.5 Å². The van der Waals surface area contributed by atoms with Crippen molar-refractivity contribution in [3.63, 3.8) is 0 Å². The maximum absolute atomic E-state index is 12.6. The molecule has 2 heterocycles. The second kappa shape index (κ2) is 6.52. The lowest BCUT2D eigenvalue weighted by Crippen LogP contribution is -2.25. The van der Waals surface area contributed by atoms with Crippen LogP contribution in [0, 0.1) is 0 Å². The third kappa shape index (κ3) is 3.13. The molecule has 1 aromatic carbocycles. The number of amides is 1. The molecule has 0 saturated heterocycles. The van der Waals surface area contributed by atoms with Crippen molar-refractivity contribution in [2.24, 2.45) is 11.5 Å². The average Bonchev–Trinajstić information content (AvgIpc) is 3.13. The first kappa shape index (κ1) is 15.7. The zero-order valence-corrected chi connectivity index (χ0v) is 13.4. The number of nitrogens with one attached hydrogen (secondary N) is 1. The van der Waals surface area contributed by atoms with Gasteiger partial charge in [-0.05, 0) is 30.9 Å². The summed E-state index contributed by atoms with van der Waals surface area (Å²) in [6.07, 6.45) is 1.92. The van der Waals surface area contributed by atoms with E-state index in [2.05, 4.69) is 10.4 Å². The Balaban J connectivity index is 1.70. The number of nitrogens with zero attached hydrogens (tertiary/aromatic N) is 2. The predicted molar refractivity (Wildman–Crippen MR) is 88.7 cm³/mol. The lowest BCUT2D eigenvalue weighted by atomic mass is 10.1. The fourth-order valence-electron chi connectivity index (χ4n) is 3.00. The van der Waals surface area contributed by atoms with E-state index in [1.54, 1.807) is 0 Å². The molecular weight excluding hydrogens is 290 g/mol. The van der Waals surface area contributed by atoms with Gasteiger partial charge in [-0.3, -0.25) is 9.48 Å². The van der Waals surface area contributed by atoms with Crippen LogP contribution in [-0.4, -0.2) is 15.7 Å². The standard InChI is InChI=1S/C17H23N5O/c1-11(19)13-6-4-12(5-7-13)10-20-17(23)16-14(9-18)21-22-8-2-3-15(16)22/h4-7,11H,2-3,8-10,18-19H2,1H3,(H,20,23). The van der Waals surface area contributed by atoms with E-state index in [0.29, 0.717) is 17.8 Å². The average molecular weight is 313 g/mol. The van der Waals surface area contributed by atoms with Crippen molar-refractivity contribution < 1.29 is 4.79 Å². The SMILES string of the molecule is CC(N)c1ccc(CNC(=O)c2c(CN)nn3c2CCC3)cc1. The van der Waals surface area contributed by atoms with E-state index in [9.17, 15) is 4.79 Å². The van der Waals surface area contributed by atoms with E-state index in [1.165, 1.54) is 0 Å². The molecule has 1 atom stereocenters. The smallest absolute Gasteiger partial charge is 0.255 e. The molecular formula is C17H23N5O. The Bertz CT molecular complexity index is 703. The number of rotatable bonds is 5. The first-order valence-electron chi connectivity index (χ1n) is 8.01. The summed E-state index contributed by atoms with van der Waals surface area (Å²) >= 11 is 0. The van der Waals surface area contributed by atoms with E-state index in [-0.39, 0.29) is 18.5 Å². The Hall–Kier alpha value is -2.18. The van der Waals surface area contributed by atoms with E-state index < -0.39 is 0 Å². The van der Waals surface area contributed by atoms with E-state index >= 15 is 0 Å². The second-order valence-electron chi connectivity index (χ2n) is 6.01. The van der Waals surface area contributed by atoms with Crippen molar-refractivity contribution in [2.75, 3.05) is 0 Å². The number of nitrogens with two attached hydrogens (primary N) is 2. The maximum atomic E-state index is 12.6. The zero-order chi connectivity index (χ0) is 16.4. The third-order valence-electron chi connectivity index (χ3n) is 4.29. The number of aryl methyl sites for hydroxylation is 1. The van der Waals surface area contributed by atoms with Crippen LogP contribution in [-0.2, 0) is 26.1 Å². The van der Waals surface area contributed by atoms with Gasteiger partial charge in [0.25, 0.3) is 5.91 Å². The molecule has 1 amide bonds. The largest absolute Gasteiger partial charge is 0.348 e. The van der Waals surface area contributed by atoms with Crippen molar-refractivity contribution in [3.8, 4) is 0 Å². The van der Waals surface area contributed by atoms with Gasteiger partial charge in [0, 0.05) is 25.7 Å². The molecule has 1 aromatic heterocycles. The van der Waals surface area contributed by atoms with Gasteiger partial charge in [-0.25, -0.2) is 0 Å². The van der Waals surface area contributed by atoms with Gasteiger partial charge in [0.2, 0.25) is 0 Å². The molecule has 1 unspecified atom stereocenters. The topological polar surface area (TPSA) is 99.0 Å². The van der Waals surface area contributed by atoms with E-state index in [0.717, 1.165) is 36.2 Å². The van der Waals surface area contributed by atoms with E-state index in [1.807, 2.05) is 35.9 Å². The van der Waals surface area contributed by atoms with Crippen molar-refractivity contribution in [1.29, 1.82) is 0 Å². The predicted octanol–water partition coefficient (Wildman–Crippen LogP) is 1.24. The van der Waals surface area contributed by atoms with Gasteiger partial charge in [0.15, 0.2) is 0 Å². The molecule has 1 aliphatic heterocycles. The van der Waals surface area contributed by atoms with Gasteiger partial charge in [-0.15, -0.1) is 0 Å². The number of fused-ring (bicyclic) bond motifs is 1. The summed E-state index contributed by atoms with van der Waals surface area (Å²) in [6.45, 7) is 3.58. The number of hydrogen-bond donors (Lipinski definition) is 3. The lowest BCUT2D eigenvalue weighted by Gasteiger charge is -2.09. The van der Waals surface area contributed by atoms with Crippen LogP contribution in [0.25, 0.3) is 0 Å². The zero-order valence-electron chi connectivity index (χ0n) is 13.4. The molecule has 6 nitrogen and oxygen atoms in total.